The van der Waals surface area contributed by atoms with Crippen LogP contribution in [0.2, 0.25) is 0 Å². The van der Waals surface area contributed by atoms with Gasteiger partial charge in [-0.2, -0.15) is 4.98 Å². The van der Waals surface area contributed by atoms with Crippen LogP contribution in [0.4, 0.5) is 11.6 Å². The summed E-state index contributed by atoms with van der Waals surface area (Å²) in [5.74, 6) is 0.304. The molecule has 0 radical (unpaired) electrons. The summed E-state index contributed by atoms with van der Waals surface area (Å²) in [7, 11) is 0. The minimum atomic E-state index is -0.417. The van der Waals surface area contributed by atoms with Crippen molar-refractivity contribution in [2.24, 2.45) is 0 Å². The molecular weight excluding hydrogens is 258 g/mol. The van der Waals surface area contributed by atoms with Gasteiger partial charge in [0.05, 0.1) is 12.3 Å². The van der Waals surface area contributed by atoms with Crippen LogP contribution in [0.1, 0.15) is 29.5 Å². The summed E-state index contributed by atoms with van der Waals surface area (Å²) in [6, 6.07) is 5.56. The Balaban J connectivity index is 2.17. The molecule has 20 heavy (non-hydrogen) atoms. The molecule has 1 heterocycles. The van der Waals surface area contributed by atoms with Crippen LogP contribution in [0.3, 0.4) is 0 Å². The van der Waals surface area contributed by atoms with Gasteiger partial charge in [0, 0.05) is 0 Å². The summed E-state index contributed by atoms with van der Waals surface area (Å²) in [6.45, 7) is 4.56. The third-order valence-corrected chi connectivity index (χ3v) is 2.56. The molecule has 1 aromatic carbocycles. The molecule has 1 aromatic heterocycles. The quantitative estimate of drug-likeness (QED) is 0.770. The van der Waals surface area contributed by atoms with Crippen LogP contribution in [-0.2, 0) is 0 Å². The van der Waals surface area contributed by atoms with Crippen LogP contribution in [-0.4, -0.2) is 27.7 Å². The maximum absolute atomic E-state index is 12.0. The normalized spacial score (nSPS) is 10.3. The van der Waals surface area contributed by atoms with Crippen LogP contribution in [0.25, 0.3) is 0 Å². The summed E-state index contributed by atoms with van der Waals surface area (Å²) in [5, 5.41) is 8.80. The molecule has 0 saturated carbocycles. The third kappa shape index (κ3) is 3.25. The lowest BCUT2D eigenvalue weighted by Gasteiger charge is -2.12. The van der Waals surface area contributed by atoms with Crippen molar-refractivity contribution >= 4 is 17.5 Å². The van der Waals surface area contributed by atoms with E-state index in [4.69, 9.17) is 10.5 Å². The van der Waals surface area contributed by atoms with Crippen molar-refractivity contribution in [2.75, 3.05) is 17.7 Å². The van der Waals surface area contributed by atoms with Crippen molar-refractivity contribution in [3.05, 3.63) is 29.6 Å². The molecule has 1 amide bonds. The SMILES string of the molecule is CCCOc1cc(C)ccc1NC(=O)c1nc(N)n[nH]1. The Kier molecular flexibility index (Phi) is 4.19. The maximum atomic E-state index is 12.0. The van der Waals surface area contributed by atoms with E-state index in [-0.39, 0.29) is 11.8 Å². The van der Waals surface area contributed by atoms with E-state index in [1.807, 2.05) is 26.0 Å². The second kappa shape index (κ2) is 6.05. The average Bonchev–Trinajstić information content (AvgIpc) is 2.85. The molecule has 0 fully saturated rings. The number of amides is 1. The number of hydrogen-bond acceptors (Lipinski definition) is 5. The Labute approximate surface area is 116 Å². The third-order valence-electron chi connectivity index (χ3n) is 2.56. The first-order valence-electron chi connectivity index (χ1n) is 6.33. The highest BCUT2D eigenvalue weighted by Crippen LogP contribution is 2.26. The number of ether oxygens (including phenoxy) is 1. The van der Waals surface area contributed by atoms with Gasteiger partial charge in [0.1, 0.15) is 5.75 Å². The lowest BCUT2D eigenvalue weighted by atomic mass is 10.2. The Hall–Kier alpha value is -2.57. The maximum Gasteiger partial charge on any atom is 0.293 e. The van der Waals surface area contributed by atoms with Gasteiger partial charge in [-0.25, -0.2) is 0 Å². The highest BCUT2D eigenvalue weighted by Gasteiger charge is 2.13. The van der Waals surface area contributed by atoms with E-state index >= 15 is 0 Å². The number of benzene rings is 1. The lowest BCUT2D eigenvalue weighted by molar-refractivity contribution is 0.101. The molecule has 2 rings (SSSR count). The Morgan fingerprint density at radius 3 is 2.95 bits per heavy atom. The van der Waals surface area contributed by atoms with E-state index < -0.39 is 5.91 Å². The topological polar surface area (TPSA) is 106 Å². The van der Waals surface area contributed by atoms with Crippen LogP contribution < -0.4 is 15.8 Å². The van der Waals surface area contributed by atoms with Gasteiger partial charge in [-0.3, -0.25) is 9.89 Å². The van der Waals surface area contributed by atoms with Gasteiger partial charge in [-0.1, -0.05) is 13.0 Å². The number of anilines is 2. The summed E-state index contributed by atoms with van der Waals surface area (Å²) >= 11 is 0. The van der Waals surface area contributed by atoms with E-state index in [1.165, 1.54) is 0 Å². The fraction of sp³-hybridized carbons (Fsp3) is 0.308. The Morgan fingerprint density at radius 2 is 2.30 bits per heavy atom. The molecule has 7 nitrogen and oxygen atoms in total. The first-order chi connectivity index (χ1) is 9.60. The molecule has 7 heteroatoms. The van der Waals surface area contributed by atoms with Gasteiger partial charge in [-0.15, -0.1) is 5.10 Å². The lowest BCUT2D eigenvalue weighted by Crippen LogP contribution is -2.15. The number of H-pyrrole nitrogens is 1. The second-order valence-corrected chi connectivity index (χ2v) is 4.34. The molecule has 106 valence electrons. The van der Waals surface area contributed by atoms with Crippen LogP contribution in [0.5, 0.6) is 5.75 Å². The first kappa shape index (κ1) is 13.9. The standard InChI is InChI=1S/C13H17N5O2/c1-3-6-20-10-7-8(2)4-5-9(10)15-12(19)11-16-13(14)18-17-11/h4-5,7H,3,6H2,1-2H3,(H,15,19)(H3,14,16,17,18). The zero-order valence-electron chi connectivity index (χ0n) is 11.4. The minimum absolute atomic E-state index is 0.0292. The van der Waals surface area contributed by atoms with Gasteiger partial charge in [0.15, 0.2) is 0 Å². The zero-order valence-corrected chi connectivity index (χ0v) is 11.4. The number of nitrogens with two attached hydrogens (primary N) is 1. The van der Waals surface area contributed by atoms with E-state index in [0.29, 0.717) is 18.0 Å². The van der Waals surface area contributed by atoms with Crippen LogP contribution in [0.15, 0.2) is 18.2 Å². The molecule has 2 aromatic rings. The number of hydrogen-bond donors (Lipinski definition) is 3. The average molecular weight is 275 g/mol. The Bertz CT molecular complexity index is 609. The van der Waals surface area contributed by atoms with Gasteiger partial charge in [0.2, 0.25) is 11.8 Å². The van der Waals surface area contributed by atoms with Crippen LogP contribution in [0, 0.1) is 6.92 Å². The highest BCUT2D eigenvalue weighted by molar-refractivity contribution is 6.02. The van der Waals surface area contributed by atoms with Gasteiger partial charge in [-0.05, 0) is 31.0 Å². The minimum Gasteiger partial charge on any atom is -0.491 e. The number of nitrogens with zero attached hydrogens (tertiary/aromatic N) is 2. The predicted molar refractivity (Wildman–Crippen MR) is 75.7 cm³/mol. The van der Waals surface area contributed by atoms with E-state index in [1.54, 1.807) is 6.07 Å². The monoisotopic (exact) mass is 275 g/mol. The van der Waals surface area contributed by atoms with E-state index in [2.05, 4.69) is 20.5 Å². The van der Waals surface area contributed by atoms with Crippen molar-refractivity contribution in [3.8, 4) is 5.75 Å². The highest BCUT2D eigenvalue weighted by atomic mass is 16.5. The number of nitrogens with one attached hydrogen (secondary N) is 2. The van der Waals surface area contributed by atoms with Crippen molar-refractivity contribution in [1.29, 1.82) is 0 Å². The van der Waals surface area contributed by atoms with Gasteiger partial charge >= 0.3 is 0 Å². The smallest absolute Gasteiger partial charge is 0.293 e. The zero-order chi connectivity index (χ0) is 14.5. The number of nitrogen functional groups attached to an aromatic ring is 1. The van der Waals surface area contributed by atoms with E-state index in [0.717, 1.165) is 12.0 Å². The summed E-state index contributed by atoms with van der Waals surface area (Å²) in [4.78, 5) is 15.8. The molecule has 0 aliphatic heterocycles. The summed E-state index contributed by atoms with van der Waals surface area (Å²) in [5.41, 5.74) is 7.01. The molecule has 0 saturated heterocycles. The molecule has 0 unspecified atom stereocenters. The fourth-order valence-corrected chi connectivity index (χ4v) is 1.62. The molecule has 0 spiro atoms. The van der Waals surface area contributed by atoms with Gasteiger partial charge < -0.3 is 15.8 Å². The number of carbonyl (C=O) groups excluding carboxylic acids is 1. The predicted octanol–water partition coefficient (Wildman–Crippen LogP) is 1.74. The number of aromatic nitrogens is 3. The number of aromatic amines is 1. The number of aryl methyl sites for hydroxylation is 1. The molecule has 0 aliphatic rings. The molecule has 0 atom stereocenters. The second-order valence-electron chi connectivity index (χ2n) is 4.34. The number of carbonyl (C=O) groups is 1. The first-order valence-corrected chi connectivity index (χ1v) is 6.33. The van der Waals surface area contributed by atoms with Crippen molar-refractivity contribution in [1.82, 2.24) is 15.2 Å². The van der Waals surface area contributed by atoms with E-state index in [9.17, 15) is 4.79 Å². The molecule has 0 aliphatic carbocycles. The molecule has 4 N–H and O–H groups in total. The number of rotatable bonds is 5. The fourth-order valence-electron chi connectivity index (χ4n) is 1.62. The summed E-state index contributed by atoms with van der Waals surface area (Å²) in [6.07, 6.45) is 0.889. The van der Waals surface area contributed by atoms with Crippen LogP contribution >= 0.6 is 0 Å². The summed E-state index contributed by atoms with van der Waals surface area (Å²) < 4.78 is 5.62. The molecule has 0 bridgehead atoms. The van der Waals surface area contributed by atoms with Crippen molar-refractivity contribution < 1.29 is 9.53 Å². The van der Waals surface area contributed by atoms with Crippen molar-refractivity contribution in [2.45, 2.75) is 20.3 Å². The van der Waals surface area contributed by atoms with Crippen molar-refractivity contribution in [3.63, 3.8) is 0 Å². The Morgan fingerprint density at radius 1 is 1.50 bits per heavy atom. The molecular formula is C13H17N5O2. The van der Waals surface area contributed by atoms with Gasteiger partial charge in [0.25, 0.3) is 5.91 Å². The largest absolute Gasteiger partial charge is 0.491 e.